The number of carbonyl (C=O) groups excluding carboxylic acids is 3. The van der Waals surface area contributed by atoms with Crippen LogP contribution < -0.4 is 10.6 Å². The first-order chi connectivity index (χ1) is 18.4. The van der Waals surface area contributed by atoms with Gasteiger partial charge < -0.3 is 10.2 Å². The average Bonchev–Trinajstić information content (AvgIpc) is 3.51. The second-order valence-electron chi connectivity index (χ2n) is 9.83. The first-order valence-electron chi connectivity index (χ1n) is 12.6. The standard InChI is InChI=1S/C29H26ClN5O3/c1-17(22-4-2-3-5-24(22)30)32-13-18-10-21-14-31-16-35(21)26(11-18)19-6-7-23-20(12-19)15-34(29(23)38)25-8-9-27(36)33-28(25)37/h2-7,10-12,14,16-17,25,32H,8-9,13,15H2,1H3,(H,33,36,37). The van der Waals surface area contributed by atoms with E-state index in [0.29, 0.717) is 25.1 Å². The molecule has 8 nitrogen and oxygen atoms in total. The van der Waals surface area contributed by atoms with Crippen molar-refractivity contribution >= 4 is 34.8 Å². The molecular weight excluding hydrogens is 502 g/mol. The SMILES string of the molecule is CC(NCc1cc(-c2ccc3c(c2)CN(C2CCC(=O)NC2=O)C3=O)n2cncc2c1)c1ccccc1Cl. The number of nitrogens with one attached hydrogen (secondary N) is 2. The van der Waals surface area contributed by atoms with Gasteiger partial charge in [-0.1, -0.05) is 35.9 Å². The number of imide groups is 1. The number of imidazole rings is 1. The molecule has 0 radical (unpaired) electrons. The van der Waals surface area contributed by atoms with Gasteiger partial charge in [0.25, 0.3) is 5.91 Å². The number of carbonyl (C=O) groups is 3. The third kappa shape index (κ3) is 4.36. The first kappa shape index (κ1) is 24.3. The quantitative estimate of drug-likeness (QED) is 0.365. The lowest BCUT2D eigenvalue weighted by molar-refractivity contribution is -0.136. The summed E-state index contributed by atoms with van der Waals surface area (Å²) >= 11 is 6.38. The molecule has 9 heteroatoms. The van der Waals surface area contributed by atoms with Gasteiger partial charge in [-0.2, -0.15) is 0 Å². The number of nitrogens with zero attached hydrogens (tertiary/aromatic N) is 3. The highest BCUT2D eigenvalue weighted by Gasteiger charge is 2.39. The van der Waals surface area contributed by atoms with Crippen LogP contribution in [0, 0.1) is 0 Å². The normalized spacial score (nSPS) is 18.1. The van der Waals surface area contributed by atoms with E-state index in [-0.39, 0.29) is 24.3 Å². The Kier molecular flexibility index (Phi) is 6.21. The lowest BCUT2D eigenvalue weighted by Gasteiger charge is -2.29. The molecule has 2 atom stereocenters. The lowest BCUT2D eigenvalue weighted by atomic mass is 10.0. The highest BCUT2D eigenvalue weighted by atomic mass is 35.5. The predicted octanol–water partition coefficient (Wildman–Crippen LogP) is 4.27. The summed E-state index contributed by atoms with van der Waals surface area (Å²) in [7, 11) is 0. The molecule has 4 heterocycles. The van der Waals surface area contributed by atoms with Crippen molar-refractivity contribution in [1.82, 2.24) is 24.9 Å². The second kappa shape index (κ2) is 9.70. The molecule has 192 valence electrons. The Morgan fingerprint density at radius 1 is 1.13 bits per heavy atom. The largest absolute Gasteiger partial charge is 0.322 e. The molecule has 2 N–H and O–H groups in total. The van der Waals surface area contributed by atoms with Crippen molar-refractivity contribution in [2.45, 2.75) is 44.9 Å². The molecule has 2 aromatic carbocycles. The molecule has 0 saturated carbocycles. The fourth-order valence-corrected chi connectivity index (χ4v) is 5.65. The minimum Gasteiger partial charge on any atom is -0.322 e. The highest BCUT2D eigenvalue weighted by molar-refractivity contribution is 6.31. The average molecular weight is 528 g/mol. The Morgan fingerprint density at radius 2 is 1.97 bits per heavy atom. The van der Waals surface area contributed by atoms with Crippen molar-refractivity contribution in [2.75, 3.05) is 0 Å². The van der Waals surface area contributed by atoms with Crippen LogP contribution in [-0.2, 0) is 22.7 Å². The Hall–Kier alpha value is -4.01. The molecule has 2 aliphatic heterocycles. The molecule has 38 heavy (non-hydrogen) atoms. The molecule has 2 aromatic heterocycles. The van der Waals surface area contributed by atoms with Crippen molar-refractivity contribution in [2.24, 2.45) is 0 Å². The van der Waals surface area contributed by atoms with Crippen LogP contribution in [0.3, 0.4) is 0 Å². The van der Waals surface area contributed by atoms with Crippen molar-refractivity contribution < 1.29 is 14.4 Å². The van der Waals surface area contributed by atoms with Crippen LogP contribution in [0.1, 0.15) is 52.9 Å². The zero-order valence-corrected chi connectivity index (χ0v) is 21.5. The van der Waals surface area contributed by atoms with E-state index in [1.54, 1.807) is 11.2 Å². The van der Waals surface area contributed by atoms with Crippen molar-refractivity contribution in [3.8, 4) is 11.3 Å². The maximum atomic E-state index is 13.1. The summed E-state index contributed by atoms with van der Waals surface area (Å²) in [5.41, 5.74) is 6.46. The molecule has 3 amide bonds. The maximum absolute atomic E-state index is 13.1. The van der Waals surface area contributed by atoms with Crippen LogP contribution in [0.4, 0.5) is 0 Å². The van der Waals surface area contributed by atoms with Gasteiger partial charge in [-0.3, -0.25) is 24.1 Å². The number of hydrogen-bond donors (Lipinski definition) is 2. The van der Waals surface area contributed by atoms with Gasteiger partial charge in [-0.15, -0.1) is 0 Å². The van der Waals surface area contributed by atoms with Crippen molar-refractivity contribution in [1.29, 1.82) is 0 Å². The van der Waals surface area contributed by atoms with E-state index in [2.05, 4.69) is 34.7 Å². The summed E-state index contributed by atoms with van der Waals surface area (Å²) in [5, 5.41) is 6.65. The van der Waals surface area contributed by atoms with Gasteiger partial charge in [0.1, 0.15) is 6.04 Å². The molecule has 0 spiro atoms. The third-order valence-corrected chi connectivity index (χ3v) is 7.73. The van der Waals surface area contributed by atoms with E-state index in [1.807, 2.05) is 53.1 Å². The minimum atomic E-state index is -0.633. The van der Waals surface area contributed by atoms with Crippen LogP contribution in [0.15, 0.2) is 67.1 Å². The van der Waals surface area contributed by atoms with E-state index in [4.69, 9.17) is 11.6 Å². The number of halogens is 1. The van der Waals surface area contributed by atoms with Crippen molar-refractivity contribution in [3.63, 3.8) is 0 Å². The van der Waals surface area contributed by atoms with E-state index in [0.717, 1.165) is 38.5 Å². The predicted molar refractivity (Wildman–Crippen MR) is 143 cm³/mol. The molecule has 0 bridgehead atoms. The number of aromatic nitrogens is 2. The highest BCUT2D eigenvalue weighted by Crippen LogP contribution is 2.32. The fourth-order valence-electron chi connectivity index (χ4n) is 5.36. The number of benzene rings is 2. The molecule has 2 unspecified atom stereocenters. The van der Waals surface area contributed by atoms with Gasteiger partial charge in [0, 0.05) is 36.1 Å². The third-order valence-electron chi connectivity index (χ3n) is 7.39. The molecule has 6 rings (SSSR count). The Balaban J connectivity index is 1.27. The Morgan fingerprint density at radius 3 is 2.79 bits per heavy atom. The molecule has 2 aliphatic rings. The lowest BCUT2D eigenvalue weighted by Crippen LogP contribution is -2.52. The molecule has 0 aliphatic carbocycles. The van der Waals surface area contributed by atoms with Crippen molar-refractivity contribution in [3.05, 3.63) is 94.4 Å². The number of amides is 3. The fraction of sp³-hybridized carbons (Fsp3) is 0.241. The van der Waals surface area contributed by atoms with E-state index in [9.17, 15) is 14.4 Å². The summed E-state index contributed by atoms with van der Waals surface area (Å²) < 4.78 is 2.03. The summed E-state index contributed by atoms with van der Waals surface area (Å²) in [6.07, 6.45) is 4.18. The van der Waals surface area contributed by atoms with Gasteiger partial charge >= 0.3 is 0 Å². The zero-order chi connectivity index (χ0) is 26.4. The van der Waals surface area contributed by atoms with Gasteiger partial charge in [0.05, 0.1) is 23.7 Å². The summed E-state index contributed by atoms with van der Waals surface area (Å²) in [6.45, 7) is 3.05. The van der Waals surface area contributed by atoms with Crippen LogP contribution >= 0.6 is 11.6 Å². The van der Waals surface area contributed by atoms with Gasteiger partial charge in [-0.25, -0.2) is 4.98 Å². The first-order valence-corrected chi connectivity index (χ1v) is 13.0. The number of fused-ring (bicyclic) bond motifs is 2. The molecule has 1 saturated heterocycles. The second-order valence-corrected chi connectivity index (χ2v) is 10.2. The Labute approximate surface area is 224 Å². The minimum absolute atomic E-state index is 0.0672. The zero-order valence-electron chi connectivity index (χ0n) is 20.8. The van der Waals surface area contributed by atoms with Crippen LogP contribution in [0.25, 0.3) is 16.8 Å². The van der Waals surface area contributed by atoms with E-state index in [1.165, 1.54) is 0 Å². The summed E-state index contributed by atoms with van der Waals surface area (Å²) in [6, 6.07) is 17.3. The Bertz CT molecular complexity index is 1600. The van der Waals surface area contributed by atoms with Crippen LogP contribution in [-0.4, -0.2) is 38.0 Å². The van der Waals surface area contributed by atoms with Gasteiger partial charge in [0.15, 0.2) is 0 Å². The van der Waals surface area contributed by atoms with Crippen LogP contribution in [0.2, 0.25) is 5.02 Å². The maximum Gasteiger partial charge on any atom is 0.255 e. The van der Waals surface area contributed by atoms with Gasteiger partial charge in [0.2, 0.25) is 11.8 Å². The van der Waals surface area contributed by atoms with Crippen LogP contribution in [0.5, 0.6) is 0 Å². The number of piperidine rings is 1. The van der Waals surface area contributed by atoms with E-state index >= 15 is 0 Å². The topological polar surface area (TPSA) is 95.8 Å². The number of hydrogen-bond acceptors (Lipinski definition) is 5. The molecular formula is C29H26ClN5O3. The number of pyridine rings is 1. The molecule has 4 aromatic rings. The monoisotopic (exact) mass is 527 g/mol. The van der Waals surface area contributed by atoms with E-state index < -0.39 is 11.9 Å². The smallest absolute Gasteiger partial charge is 0.255 e. The summed E-state index contributed by atoms with van der Waals surface area (Å²) in [4.78, 5) is 43.0. The van der Waals surface area contributed by atoms with Gasteiger partial charge in [-0.05, 0) is 65.9 Å². The number of rotatable bonds is 6. The molecule has 1 fully saturated rings. The summed E-state index contributed by atoms with van der Waals surface area (Å²) in [5.74, 6) is -0.882.